The van der Waals surface area contributed by atoms with Crippen LogP contribution in [0.5, 0.6) is 0 Å². The van der Waals surface area contributed by atoms with Gasteiger partial charge in [-0.15, -0.1) is 0 Å². The van der Waals surface area contributed by atoms with E-state index in [-0.39, 0.29) is 5.56 Å². The van der Waals surface area contributed by atoms with Crippen molar-refractivity contribution in [3.05, 3.63) is 34.3 Å². The topological polar surface area (TPSA) is 76.5 Å². The van der Waals surface area contributed by atoms with Gasteiger partial charge in [0.1, 0.15) is 12.2 Å². The van der Waals surface area contributed by atoms with Crippen LogP contribution in [0.4, 0.5) is 0 Å². The summed E-state index contributed by atoms with van der Waals surface area (Å²) in [7, 11) is 0. The van der Waals surface area contributed by atoms with Gasteiger partial charge >= 0.3 is 0 Å². The maximum absolute atomic E-state index is 11.7. The minimum absolute atomic E-state index is 0.0713. The minimum atomic E-state index is -0.0713. The largest absolute Gasteiger partial charge is 0.301 e. The number of nitrogens with zero attached hydrogens (tertiary/aromatic N) is 4. The third-order valence-corrected chi connectivity index (χ3v) is 4.18. The van der Waals surface area contributed by atoms with Crippen LogP contribution in [0, 0.1) is 5.92 Å². The lowest BCUT2D eigenvalue weighted by molar-refractivity contribution is 0.471. The van der Waals surface area contributed by atoms with Crippen LogP contribution in [0.1, 0.15) is 44.1 Å². The SMILES string of the molecule is CC(C)Cn1ncnc1CSc1nc(C2CC2)cc(=O)[nH]1. The summed E-state index contributed by atoms with van der Waals surface area (Å²) in [5.74, 6) is 2.57. The molecule has 2 heterocycles. The fourth-order valence-electron chi connectivity index (χ4n) is 2.14. The van der Waals surface area contributed by atoms with E-state index in [2.05, 4.69) is 33.9 Å². The van der Waals surface area contributed by atoms with Crippen LogP contribution in [0.3, 0.4) is 0 Å². The van der Waals surface area contributed by atoms with E-state index in [0.29, 0.717) is 22.7 Å². The monoisotopic (exact) mass is 305 g/mol. The smallest absolute Gasteiger partial charge is 0.251 e. The van der Waals surface area contributed by atoms with E-state index >= 15 is 0 Å². The number of hydrogen-bond donors (Lipinski definition) is 1. The Kier molecular flexibility index (Phi) is 4.10. The van der Waals surface area contributed by atoms with Crippen LogP contribution >= 0.6 is 11.8 Å². The molecule has 0 spiro atoms. The summed E-state index contributed by atoms with van der Waals surface area (Å²) < 4.78 is 1.92. The number of thioether (sulfide) groups is 1. The van der Waals surface area contributed by atoms with Crippen molar-refractivity contribution in [1.29, 1.82) is 0 Å². The molecule has 21 heavy (non-hydrogen) atoms. The number of aromatic amines is 1. The van der Waals surface area contributed by atoms with Crippen molar-refractivity contribution in [2.75, 3.05) is 0 Å². The Morgan fingerprint density at radius 1 is 1.48 bits per heavy atom. The van der Waals surface area contributed by atoms with Gasteiger partial charge in [-0.05, 0) is 18.8 Å². The van der Waals surface area contributed by atoms with Crippen LogP contribution in [0.2, 0.25) is 0 Å². The van der Waals surface area contributed by atoms with Crippen molar-refractivity contribution in [2.24, 2.45) is 5.92 Å². The zero-order valence-electron chi connectivity index (χ0n) is 12.2. The van der Waals surface area contributed by atoms with Gasteiger partial charge < -0.3 is 4.98 Å². The third kappa shape index (κ3) is 3.72. The van der Waals surface area contributed by atoms with E-state index in [9.17, 15) is 4.79 Å². The van der Waals surface area contributed by atoms with Gasteiger partial charge in [0, 0.05) is 18.5 Å². The van der Waals surface area contributed by atoms with Crippen molar-refractivity contribution in [1.82, 2.24) is 24.7 Å². The lowest BCUT2D eigenvalue weighted by Gasteiger charge is -2.08. The van der Waals surface area contributed by atoms with E-state index in [1.807, 2.05) is 4.68 Å². The molecule has 2 aromatic rings. The van der Waals surface area contributed by atoms with Crippen LogP contribution in [0.15, 0.2) is 22.3 Å². The van der Waals surface area contributed by atoms with E-state index in [1.54, 1.807) is 12.4 Å². The first kappa shape index (κ1) is 14.3. The Hall–Kier alpha value is -1.63. The van der Waals surface area contributed by atoms with Crippen LogP contribution < -0.4 is 5.56 Å². The summed E-state index contributed by atoms with van der Waals surface area (Å²) >= 11 is 1.50. The molecule has 0 unspecified atom stereocenters. The van der Waals surface area contributed by atoms with E-state index in [1.165, 1.54) is 11.8 Å². The molecule has 2 aromatic heterocycles. The third-order valence-electron chi connectivity index (χ3n) is 3.31. The van der Waals surface area contributed by atoms with Crippen molar-refractivity contribution in [3.8, 4) is 0 Å². The summed E-state index contributed by atoms with van der Waals surface area (Å²) in [5.41, 5.74) is 0.850. The molecule has 3 rings (SSSR count). The lowest BCUT2D eigenvalue weighted by atomic mass is 10.2. The molecule has 0 saturated heterocycles. The number of H-pyrrole nitrogens is 1. The second kappa shape index (κ2) is 6.01. The molecule has 7 heteroatoms. The second-order valence-corrected chi connectivity index (χ2v) is 6.75. The molecule has 0 amide bonds. The van der Waals surface area contributed by atoms with E-state index < -0.39 is 0 Å². The van der Waals surface area contributed by atoms with E-state index in [0.717, 1.165) is 30.9 Å². The van der Waals surface area contributed by atoms with Gasteiger partial charge in [0.2, 0.25) is 0 Å². The number of hydrogen-bond acceptors (Lipinski definition) is 5. The molecule has 112 valence electrons. The summed E-state index contributed by atoms with van der Waals surface area (Å²) in [6, 6.07) is 1.61. The fourth-order valence-corrected chi connectivity index (χ4v) is 2.97. The second-order valence-electron chi connectivity index (χ2n) is 5.79. The Bertz CT molecular complexity index is 674. The Balaban J connectivity index is 1.70. The zero-order valence-corrected chi connectivity index (χ0v) is 13.1. The van der Waals surface area contributed by atoms with Crippen molar-refractivity contribution < 1.29 is 0 Å². The molecule has 1 fully saturated rings. The minimum Gasteiger partial charge on any atom is -0.301 e. The van der Waals surface area contributed by atoms with Gasteiger partial charge in [0.25, 0.3) is 5.56 Å². The molecule has 0 atom stereocenters. The standard InChI is InChI=1S/C14H19N5OS/c1-9(2)6-19-12(15-8-16-19)7-21-14-17-11(10-3-4-10)5-13(20)18-14/h5,8-10H,3-4,6-7H2,1-2H3,(H,17,18,20). The molecule has 6 nitrogen and oxygen atoms in total. The maximum atomic E-state index is 11.7. The summed E-state index contributed by atoms with van der Waals surface area (Å²) in [4.78, 5) is 23.3. The van der Waals surface area contributed by atoms with Crippen molar-refractivity contribution in [3.63, 3.8) is 0 Å². The molecule has 0 bridgehead atoms. The van der Waals surface area contributed by atoms with Gasteiger partial charge in [-0.25, -0.2) is 14.6 Å². The van der Waals surface area contributed by atoms with Crippen molar-refractivity contribution >= 4 is 11.8 Å². The Morgan fingerprint density at radius 3 is 3.00 bits per heavy atom. The summed E-state index contributed by atoms with van der Waals surface area (Å²) in [5, 5.41) is 4.91. The molecule has 1 N–H and O–H groups in total. The van der Waals surface area contributed by atoms with Gasteiger partial charge in [0.15, 0.2) is 5.16 Å². The predicted molar refractivity (Wildman–Crippen MR) is 81.3 cm³/mol. The molecule has 0 radical (unpaired) electrons. The maximum Gasteiger partial charge on any atom is 0.251 e. The average Bonchev–Trinajstić information content (AvgIpc) is 3.18. The quantitative estimate of drug-likeness (QED) is 0.654. The molecule has 0 aliphatic heterocycles. The average molecular weight is 305 g/mol. The molecule has 1 saturated carbocycles. The first-order valence-electron chi connectivity index (χ1n) is 7.22. The molecule has 0 aromatic carbocycles. The van der Waals surface area contributed by atoms with Gasteiger partial charge in [0.05, 0.1) is 11.4 Å². The first-order chi connectivity index (χ1) is 10.1. The Morgan fingerprint density at radius 2 is 2.29 bits per heavy atom. The van der Waals surface area contributed by atoms with Crippen LogP contribution in [-0.4, -0.2) is 24.7 Å². The lowest BCUT2D eigenvalue weighted by Crippen LogP contribution is -2.11. The highest BCUT2D eigenvalue weighted by Crippen LogP contribution is 2.38. The van der Waals surface area contributed by atoms with Crippen LogP contribution in [-0.2, 0) is 12.3 Å². The number of aromatic nitrogens is 5. The molecular weight excluding hydrogens is 286 g/mol. The number of rotatable bonds is 6. The fraction of sp³-hybridized carbons (Fsp3) is 0.571. The van der Waals surface area contributed by atoms with Gasteiger partial charge in [-0.2, -0.15) is 5.10 Å². The highest BCUT2D eigenvalue weighted by Gasteiger charge is 2.25. The Labute approximate surface area is 127 Å². The molecule has 1 aliphatic rings. The van der Waals surface area contributed by atoms with E-state index in [4.69, 9.17) is 0 Å². The number of nitrogens with one attached hydrogen (secondary N) is 1. The highest BCUT2D eigenvalue weighted by molar-refractivity contribution is 7.98. The molecule has 1 aliphatic carbocycles. The summed E-state index contributed by atoms with van der Waals surface area (Å²) in [6.07, 6.45) is 3.86. The van der Waals surface area contributed by atoms with Gasteiger partial charge in [-0.3, -0.25) is 4.79 Å². The predicted octanol–water partition coefficient (Wildman–Crippen LogP) is 2.19. The summed E-state index contributed by atoms with van der Waals surface area (Å²) in [6.45, 7) is 5.15. The first-order valence-corrected chi connectivity index (χ1v) is 8.21. The van der Waals surface area contributed by atoms with Crippen molar-refractivity contribution in [2.45, 2.75) is 50.1 Å². The molecular formula is C14H19N5OS. The van der Waals surface area contributed by atoms with Crippen LogP contribution in [0.25, 0.3) is 0 Å². The highest BCUT2D eigenvalue weighted by atomic mass is 32.2. The zero-order chi connectivity index (χ0) is 14.8. The van der Waals surface area contributed by atoms with Gasteiger partial charge in [-0.1, -0.05) is 25.6 Å². The normalized spacial score (nSPS) is 14.8.